The van der Waals surface area contributed by atoms with Crippen LogP contribution in [0.2, 0.25) is 0 Å². The highest BCUT2D eigenvalue weighted by atomic mass is 16.7. The number of esters is 1. The molecule has 5 N–H and O–H groups in total. The van der Waals surface area contributed by atoms with E-state index in [-0.39, 0.29) is 18.9 Å². The van der Waals surface area contributed by atoms with Crippen LogP contribution in [0, 0.1) is 0 Å². The van der Waals surface area contributed by atoms with Crippen molar-refractivity contribution < 1.29 is 28.8 Å². The highest BCUT2D eigenvalue weighted by molar-refractivity contribution is 6.01. The van der Waals surface area contributed by atoms with Crippen molar-refractivity contribution in [3.63, 3.8) is 0 Å². The van der Waals surface area contributed by atoms with E-state index in [4.69, 9.17) is 5.73 Å². The molecule has 1 aromatic carbocycles. The maximum Gasteiger partial charge on any atom is 0.430 e. The quantitative estimate of drug-likeness (QED) is 0.259. The van der Waals surface area contributed by atoms with Crippen molar-refractivity contribution in [3.05, 3.63) is 29.8 Å². The number of nitrogens with one attached hydrogen (secondary N) is 3. The normalized spacial score (nSPS) is 15.8. The van der Waals surface area contributed by atoms with Crippen molar-refractivity contribution >= 4 is 35.9 Å². The molecular formula is C17H22N6O6. The van der Waals surface area contributed by atoms with Gasteiger partial charge in [0.05, 0.1) is 19.7 Å². The lowest BCUT2D eigenvalue weighted by molar-refractivity contribution is -0.140. The zero-order chi connectivity index (χ0) is 21.2. The van der Waals surface area contributed by atoms with Crippen LogP contribution in [0.15, 0.2) is 29.4 Å². The maximum atomic E-state index is 12.5. The summed E-state index contributed by atoms with van der Waals surface area (Å²) in [7, 11) is 1.27. The van der Waals surface area contributed by atoms with E-state index in [2.05, 4.69) is 25.3 Å². The number of carbonyl (C=O) groups excluding carboxylic acids is 4. The third-order valence-electron chi connectivity index (χ3n) is 3.97. The first kappa shape index (κ1) is 21.5. The van der Waals surface area contributed by atoms with Gasteiger partial charge >= 0.3 is 18.1 Å². The lowest BCUT2D eigenvalue weighted by Crippen LogP contribution is -2.46. The van der Waals surface area contributed by atoms with Gasteiger partial charge in [-0.05, 0) is 24.1 Å². The minimum absolute atomic E-state index is 0.0501. The average Bonchev–Trinajstić information content (AvgIpc) is 3.05. The first-order chi connectivity index (χ1) is 13.9. The molecule has 0 bridgehead atoms. The summed E-state index contributed by atoms with van der Waals surface area (Å²) in [5.74, 6) is -0.663. The van der Waals surface area contributed by atoms with Crippen molar-refractivity contribution in [3.8, 4) is 0 Å². The number of primary amides is 1. The van der Waals surface area contributed by atoms with Crippen LogP contribution in [0.5, 0.6) is 0 Å². The minimum atomic E-state index is -1.01. The molecule has 0 spiro atoms. The molecule has 0 radical (unpaired) electrons. The van der Waals surface area contributed by atoms with Gasteiger partial charge in [-0.3, -0.25) is 9.59 Å². The predicted molar refractivity (Wildman–Crippen MR) is 102 cm³/mol. The number of carbonyl (C=O) groups is 4. The van der Waals surface area contributed by atoms with E-state index in [1.807, 2.05) is 5.59 Å². The molecule has 0 saturated carbocycles. The Kier molecular flexibility index (Phi) is 7.77. The van der Waals surface area contributed by atoms with Gasteiger partial charge in [0, 0.05) is 18.8 Å². The van der Waals surface area contributed by atoms with Crippen molar-refractivity contribution in [2.75, 3.05) is 25.1 Å². The molecule has 1 aromatic rings. The van der Waals surface area contributed by atoms with Crippen LogP contribution in [0.3, 0.4) is 0 Å². The van der Waals surface area contributed by atoms with Crippen LogP contribution in [-0.4, -0.2) is 56.5 Å². The fourth-order valence-electron chi connectivity index (χ4n) is 2.57. The topological polar surface area (TPSA) is 164 Å². The number of urea groups is 1. The Morgan fingerprint density at radius 2 is 2.03 bits per heavy atom. The smallest absolute Gasteiger partial charge is 0.430 e. The summed E-state index contributed by atoms with van der Waals surface area (Å²) >= 11 is 0. The Morgan fingerprint density at radius 1 is 1.31 bits per heavy atom. The van der Waals surface area contributed by atoms with E-state index in [1.54, 1.807) is 29.2 Å². The Hall–Kier alpha value is -3.83. The van der Waals surface area contributed by atoms with Crippen molar-refractivity contribution in [1.29, 1.82) is 0 Å². The highest BCUT2D eigenvalue weighted by Gasteiger charge is 2.33. The number of rotatable bonds is 8. The Bertz CT molecular complexity index is 781. The van der Waals surface area contributed by atoms with Crippen LogP contribution >= 0.6 is 0 Å². The van der Waals surface area contributed by atoms with Crippen LogP contribution < -0.4 is 26.9 Å². The van der Waals surface area contributed by atoms with Gasteiger partial charge < -0.3 is 30.8 Å². The number of nitrogens with zero attached hydrogens (tertiary/aromatic N) is 2. The number of nitrogens with two attached hydrogens (primary N) is 1. The summed E-state index contributed by atoms with van der Waals surface area (Å²) in [5, 5.41) is 8.76. The summed E-state index contributed by atoms with van der Waals surface area (Å²) in [6, 6.07) is 5.73. The first-order valence-corrected chi connectivity index (χ1v) is 8.67. The number of amides is 4. The number of anilines is 1. The summed E-state index contributed by atoms with van der Waals surface area (Å²) in [6.07, 6.45) is 0.905. The van der Waals surface area contributed by atoms with E-state index < -0.39 is 24.1 Å². The average molecular weight is 406 g/mol. The molecule has 1 saturated heterocycles. The predicted octanol–water partition coefficient (Wildman–Crippen LogP) is -0.412. The molecule has 0 unspecified atom stereocenters. The summed E-state index contributed by atoms with van der Waals surface area (Å²) < 4.78 is 4.48. The van der Waals surface area contributed by atoms with Crippen LogP contribution in [-0.2, 0) is 19.2 Å². The van der Waals surface area contributed by atoms with E-state index in [1.165, 1.54) is 13.3 Å². The second-order valence-corrected chi connectivity index (χ2v) is 5.92. The molecule has 0 aliphatic carbocycles. The second kappa shape index (κ2) is 10.5. The van der Waals surface area contributed by atoms with E-state index in [9.17, 15) is 19.2 Å². The van der Waals surface area contributed by atoms with Gasteiger partial charge in [0.25, 0.3) is 0 Å². The lowest BCUT2D eigenvalue weighted by Gasteiger charge is -2.17. The van der Waals surface area contributed by atoms with E-state index in [0.717, 1.165) is 0 Å². The molecule has 12 heteroatoms. The Morgan fingerprint density at radius 3 is 2.69 bits per heavy atom. The molecule has 1 aliphatic heterocycles. The first-order valence-electron chi connectivity index (χ1n) is 8.67. The molecule has 1 atom stereocenters. The van der Waals surface area contributed by atoms with Gasteiger partial charge in [-0.2, -0.15) is 5.10 Å². The minimum Gasteiger partial charge on any atom is -0.469 e. The number of hydrogen-bond acceptors (Lipinski definition) is 8. The number of hydrogen-bond donors (Lipinski definition) is 4. The van der Waals surface area contributed by atoms with Crippen LogP contribution in [0.25, 0.3) is 0 Å². The zero-order valence-corrected chi connectivity index (χ0v) is 15.7. The monoisotopic (exact) mass is 406 g/mol. The molecule has 4 amide bonds. The fourth-order valence-corrected chi connectivity index (χ4v) is 2.57. The van der Waals surface area contributed by atoms with E-state index >= 15 is 0 Å². The summed E-state index contributed by atoms with van der Waals surface area (Å²) in [5.41, 5.74) is 8.16. The molecule has 1 aliphatic rings. The largest absolute Gasteiger partial charge is 0.469 e. The lowest BCUT2D eigenvalue weighted by atomic mass is 10.2. The third kappa shape index (κ3) is 6.68. The van der Waals surface area contributed by atoms with E-state index in [0.29, 0.717) is 24.2 Å². The number of methoxy groups -OCH3 is 1. The Balaban J connectivity index is 1.83. The Labute approximate surface area is 166 Å². The standard InChI is InChI=1S/C17H22N6O6/c1-28-14(24)6-8-19-17(27)21-13-7-9-23(15(13)25)12-4-2-11(3-5-12)10-20-22-29-16(18)26/h2-5,10,13,22H,6-9H2,1H3,(H2,18,26)(H2,19,21,27)/t13-/m0/s1. The molecule has 156 valence electrons. The van der Waals surface area contributed by atoms with Crippen molar-refractivity contribution in [2.24, 2.45) is 10.8 Å². The molecule has 2 rings (SSSR count). The van der Waals surface area contributed by atoms with Crippen LogP contribution in [0.4, 0.5) is 15.3 Å². The number of benzene rings is 1. The second-order valence-electron chi connectivity index (χ2n) is 5.92. The molecular weight excluding hydrogens is 384 g/mol. The number of ether oxygens (including phenoxy) is 1. The summed E-state index contributed by atoms with van der Waals surface area (Å²) in [4.78, 5) is 51.6. The molecule has 1 heterocycles. The van der Waals surface area contributed by atoms with Gasteiger partial charge in [-0.15, -0.1) is 5.59 Å². The SMILES string of the molecule is COC(=O)CCNC(=O)N[C@H]1CCN(c2ccc(C=NNOC(N)=O)cc2)C1=O. The van der Waals surface area contributed by atoms with Crippen LogP contribution in [0.1, 0.15) is 18.4 Å². The molecule has 1 fully saturated rings. The van der Waals surface area contributed by atoms with Crippen molar-refractivity contribution in [1.82, 2.24) is 16.2 Å². The van der Waals surface area contributed by atoms with Gasteiger partial charge in [0.2, 0.25) is 5.91 Å². The fraction of sp³-hybridized carbons (Fsp3) is 0.353. The van der Waals surface area contributed by atoms with Gasteiger partial charge in [-0.25, -0.2) is 9.59 Å². The third-order valence-corrected chi connectivity index (χ3v) is 3.97. The van der Waals surface area contributed by atoms with Gasteiger partial charge in [0.1, 0.15) is 6.04 Å². The zero-order valence-electron chi connectivity index (χ0n) is 15.7. The summed E-state index contributed by atoms with van der Waals surface area (Å²) in [6.45, 7) is 0.568. The maximum absolute atomic E-state index is 12.5. The molecule has 29 heavy (non-hydrogen) atoms. The van der Waals surface area contributed by atoms with Gasteiger partial charge in [0.15, 0.2) is 0 Å². The van der Waals surface area contributed by atoms with Crippen molar-refractivity contribution in [2.45, 2.75) is 18.9 Å². The number of hydrazone groups is 1. The molecule has 0 aromatic heterocycles. The van der Waals surface area contributed by atoms with Gasteiger partial charge in [-0.1, -0.05) is 12.1 Å². The molecule has 12 nitrogen and oxygen atoms in total. The highest BCUT2D eigenvalue weighted by Crippen LogP contribution is 2.21.